The maximum absolute atomic E-state index is 14.0. The van der Waals surface area contributed by atoms with E-state index in [2.05, 4.69) is 0 Å². The molecule has 0 bridgehead atoms. The number of hydrogen-bond acceptors (Lipinski definition) is 4. The van der Waals surface area contributed by atoms with Gasteiger partial charge in [-0.15, -0.1) is 0 Å². The van der Waals surface area contributed by atoms with E-state index in [9.17, 15) is 22.4 Å². The van der Waals surface area contributed by atoms with E-state index in [0.717, 1.165) is 22.1 Å². The number of carbonyl (C=O) groups is 2. The number of nitrogens with zero attached hydrogens (tertiary/aromatic N) is 2. The third-order valence-corrected chi connectivity index (χ3v) is 8.05. The monoisotopic (exact) mass is 446 g/mol. The number of nitrogens with one attached hydrogen (secondary N) is 1. The van der Waals surface area contributed by atoms with Gasteiger partial charge in [0, 0.05) is 0 Å². The molecule has 0 unspecified atom stereocenters. The minimum atomic E-state index is -3.95. The fraction of sp³-hybridized carbons (Fsp3) is 0.364. The third-order valence-electron chi connectivity index (χ3n) is 6.12. The van der Waals surface area contributed by atoms with Crippen molar-refractivity contribution in [3.63, 3.8) is 0 Å². The second kappa shape index (κ2) is 8.14. The number of quaternary nitrogens is 1. The smallest absolute Gasteiger partial charge is 0.292 e. The molecule has 2 aromatic carbocycles. The summed E-state index contributed by atoms with van der Waals surface area (Å²) in [6, 6.07) is 10.4. The maximum Gasteiger partial charge on any atom is 0.292 e. The number of amides is 2. The van der Waals surface area contributed by atoms with Crippen LogP contribution >= 0.6 is 0 Å². The summed E-state index contributed by atoms with van der Waals surface area (Å²) in [5.41, 5.74) is 2.36. The van der Waals surface area contributed by atoms with Crippen LogP contribution < -0.4 is 9.80 Å². The highest BCUT2D eigenvalue weighted by Gasteiger charge is 2.47. The molecule has 2 saturated heterocycles. The summed E-state index contributed by atoms with van der Waals surface area (Å²) < 4.78 is 40.9. The normalized spacial score (nSPS) is 21.1. The Hall–Kier alpha value is -2.62. The fourth-order valence-corrected chi connectivity index (χ4v) is 6.01. The SMILES string of the molecule is Cc1cccc(C)c1N1C(=O)C[C@@H]([NH+]2CCN(S(=O)(=O)c3ccccc3F)CC2)C1=O. The molecule has 0 radical (unpaired) electrons. The zero-order chi connectivity index (χ0) is 22.3. The molecule has 1 N–H and O–H groups in total. The van der Waals surface area contributed by atoms with E-state index in [1.165, 1.54) is 27.4 Å². The zero-order valence-corrected chi connectivity index (χ0v) is 18.3. The third kappa shape index (κ3) is 3.77. The number of piperazine rings is 1. The summed E-state index contributed by atoms with van der Waals surface area (Å²) in [6.07, 6.45) is 0.0992. The van der Waals surface area contributed by atoms with E-state index in [0.29, 0.717) is 18.8 Å². The molecule has 4 rings (SSSR count). The highest BCUT2D eigenvalue weighted by molar-refractivity contribution is 7.89. The molecule has 2 fully saturated rings. The molecule has 2 aliphatic rings. The first-order valence-corrected chi connectivity index (χ1v) is 11.7. The molecule has 9 heteroatoms. The van der Waals surface area contributed by atoms with Gasteiger partial charge < -0.3 is 4.90 Å². The van der Waals surface area contributed by atoms with Gasteiger partial charge in [0.15, 0.2) is 6.04 Å². The fourth-order valence-electron chi connectivity index (χ4n) is 4.50. The Labute approximate surface area is 181 Å². The Morgan fingerprint density at radius 2 is 1.58 bits per heavy atom. The standard InChI is InChI=1S/C22H24FN3O4S/c1-15-6-5-7-16(2)21(15)26-20(27)14-18(22(26)28)24-10-12-25(13-11-24)31(29,30)19-9-4-3-8-17(19)23/h3-9,18H,10-14H2,1-2H3/p+1/t18-/m1/s1. The van der Waals surface area contributed by atoms with Crippen molar-refractivity contribution >= 4 is 27.5 Å². The molecule has 2 amide bonds. The van der Waals surface area contributed by atoms with E-state index in [-0.39, 0.29) is 36.2 Å². The van der Waals surface area contributed by atoms with Gasteiger partial charge in [0.05, 0.1) is 38.3 Å². The van der Waals surface area contributed by atoms with Crippen molar-refractivity contribution in [2.75, 3.05) is 31.1 Å². The second-order valence-corrected chi connectivity index (χ2v) is 9.96. The molecule has 0 saturated carbocycles. The van der Waals surface area contributed by atoms with Gasteiger partial charge in [-0.05, 0) is 37.1 Å². The van der Waals surface area contributed by atoms with Gasteiger partial charge in [-0.1, -0.05) is 30.3 Å². The first kappa shape index (κ1) is 21.6. The van der Waals surface area contributed by atoms with E-state index in [4.69, 9.17) is 0 Å². The van der Waals surface area contributed by atoms with Crippen molar-refractivity contribution in [1.29, 1.82) is 0 Å². The summed E-state index contributed by atoms with van der Waals surface area (Å²) in [4.78, 5) is 27.7. The van der Waals surface area contributed by atoms with Crippen LogP contribution in [0.2, 0.25) is 0 Å². The van der Waals surface area contributed by atoms with Gasteiger partial charge >= 0.3 is 0 Å². The number of imide groups is 1. The van der Waals surface area contributed by atoms with Crippen LogP contribution in [-0.4, -0.2) is 56.8 Å². The highest BCUT2D eigenvalue weighted by Crippen LogP contribution is 2.29. The number of anilines is 1. The van der Waals surface area contributed by atoms with Crippen LogP contribution in [0.3, 0.4) is 0 Å². The predicted molar refractivity (Wildman–Crippen MR) is 113 cm³/mol. The van der Waals surface area contributed by atoms with Crippen LogP contribution in [0.1, 0.15) is 17.5 Å². The Bertz CT molecular complexity index is 1120. The second-order valence-electron chi connectivity index (χ2n) is 8.06. The average molecular weight is 447 g/mol. The molecule has 1 atom stereocenters. The lowest BCUT2D eigenvalue weighted by Crippen LogP contribution is -3.19. The van der Waals surface area contributed by atoms with Crippen LogP contribution in [-0.2, 0) is 19.6 Å². The molecule has 0 aliphatic carbocycles. The van der Waals surface area contributed by atoms with Crippen molar-refractivity contribution in [1.82, 2.24) is 4.31 Å². The predicted octanol–water partition coefficient (Wildman–Crippen LogP) is 0.664. The van der Waals surface area contributed by atoms with E-state index < -0.39 is 21.9 Å². The maximum atomic E-state index is 14.0. The zero-order valence-electron chi connectivity index (χ0n) is 17.5. The number of benzene rings is 2. The van der Waals surface area contributed by atoms with Gasteiger partial charge in [-0.2, -0.15) is 4.31 Å². The number of rotatable bonds is 4. The molecular weight excluding hydrogens is 421 g/mol. The molecular formula is C22H25FN3O4S+. The van der Waals surface area contributed by atoms with Crippen LogP contribution in [0.4, 0.5) is 10.1 Å². The van der Waals surface area contributed by atoms with Crippen LogP contribution in [0.5, 0.6) is 0 Å². The molecule has 7 nitrogen and oxygen atoms in total. The van der Waals surface area contributed by atoms with Gasteiger partial charge in [0.25, 0.3) is 5.91 Å². The largest absolute Gasteiger partial charge is 0.322 e. The Morgan fingerprint density at radius 3 is 2.19 bits per heavy atom. The summed E-state index contributed by atoms with van der Waals surface area (Å²) >= 11 is 0. The number of aryl methyl sites for hydroxylation is 2. The molecule has 2 aliphatic heterocycles. The minimum absolute atomic E-state index is 0.0992. The first-order valence-electron chi connectivity index (χ1n) is 10.2. The minimum Gasteiger partial charge on any atom is -0.322 e. The van der Waals surface area contributed by atoms with Crippen molar-refractivity contribution < 1.29 is 27.3 Å². The summed E-state index contributed by atoms with van der Waals surface area (Å²) in [5, 5.41) is 0. The van der Waals surface area contributed by atoms with Gasteiger partial charge in [0.2, 0.25) is 15.9 Å². The lowest BCUT2D eigenvalue weighted by Gasteiger charge is -2.33. The van der Waals surface area contributed by atoms with E-state index in [1.807, 2.05) is 32.0 Å². The van der Waals surface area contributed by atoms with E-state index in [1.54, 1.807) is 0 Å². The average Bonchev–Trinajstić information content (AvgIpc) is 3.03. The Kier molecular flexibility index (Phi) is 5.67. The lowest BCUT2D eigenvalue weighted by molar-refractivity contribution is -0.918. The number of hydrogen-bond donors (Lipinski definition) is 1. The van der Waals surface area contributed by atoms with Crippen LogP contribution in [0.15, 0.2) is 47.4 Å². The van der Waals surface area contributed by atoms with Gasteiger partial charge in [-0.3, -0.25) is 9.59 Å². The highest BCUT2D eigenvalue weighted by atomic mass is 32.2. The first-order chi connectivity index (χ1) is 14.7. The van der Waals surface area contributed by atoms with E-state index >= 15 is 0 Å². The number of carbonyl (C=O) groups excluding carboxylic acids is 2. The number of para-hydroxylation sites is 1. The van der Waals surface area contributed by atoms with Crippen molar-refractivity contribution in [2.24, 2.45) is 0 Å². The number of halogens is 1. The molecule has 0 spiro atoms. The molecule has 164 valence electrons. The lowest BCUT2D eigenvalue weighted by atomic mass is 10.1. The topological polar surface area (TPSA) is 79.2 Å². The van der Waals surface area contributed by atoms with Crippen molar-refractivity contribution in [3.05, 3.63) is 59.4 Å². The van der Waals surface area contributed by atoms with Crippen molar-refractivity contribution in [3.8, 4) is 0 Å². The molecule has 2 heterocycles. The Morgan fingerprint density at radius 1 is 0.968 bits per heavy atom. The Balaban J connectivity index is 1.49. The van der Waals surface area contributed by atoms with Crippen LogP contribution in [0.25, 0.3) is 0 Å². The summed E-state index contributed by atoms with van der Waals surface area (Å²) in [5.74, 6) is -1.26. The molecule has 2 aromatic rings. The molecule has 31 heavy (non-hydrogen) atoms. The summed E-state index contributed by atoms with van der Waals surface area (Å²) in [6.45, 7) is 4.81. The van der Waals surface area contributed by atoms with Crippen molar-refractivity contribution in [2.45, 2.75) is 31.2 Å². The summed E-state index contributed by atoms with van der Waals surface area (Å²) in [7, 11) is -3.95. The van der Waals surface area contributed by atoms with Gasteiger partial charge in [0.1, 0.15) is 10.7 Å². The number of sulfonamides is 1. The van der Waals surface area contributed by atoms with Crippen LogP contribution in [0, 0.1) is 19.7 Å². The van der Waals surface area contributed by atoms with Gasteiger partial charge in [-0.25, -0.2) is 17.7 Å². The molecule has 0 aromatic heterocycles. The quantitative estimate of drug-likeness (QED) is 0.700.